The Hall–Kier alpha value is -2.13. The Morgan fingerprint density at radius 1 is 1.10 bits per heavy atom. The molecule has 1 heterocycles. The van der Waals surface area contributed by atoms with Gasteiger partial charge in [-0.2, -0.15) is 0 Å². The summed E-state index contributed by atoms with van der Waals surface area (Å²) in [5.41, 5.74) is 2.42. The number of imidazole rings is 1. The van der Waals surface area contributed by atoms with Crippen molar-refractivity contribution in [2.45, 2.75) is 20.0 Å². The molecule has 0 spiro atoms. The predicted molar refractivity (Wildman–Crippen MR) is 82.7 cm³/mol. The summed E-state index contributed by atoms with van der Waals surface area (Å²) in [6.45, 7) is 4.77. The predicted octanol–water partition coefficient (Wildman–Crippen LogP) is 3.19. The molecule has 0 radical (unpaired) electrons. The van der Waals surface area contributed by atoms with Crippen LogP contribution in [-0.2, 0) is 13.1 Å². The highest BCUT2D eigenvalue weighted by atomic mass is 15.0. The van der Waals surface area contributed by atoms with Gasteiger partial charge >= 0.3 is 0 Å². The van der Waals surface area contributed by atoms with E-state index in [1.807, 2.05) is 6.33 Å². The summed E-state index contributed by atoms with van der Waals surface area (Å²) in [6.07, 6.45) is 4.03. The van der Waals surface area contributed by atoms with Crippen molar-refractivity contribution in [1.29, 1.82) is 0 Å². The fourth-order valence-corrected chi connectivity index (χ4v) is 2.46. The van der Waals surface area contributed by atoms with Crippen molar-refractivity contribution < 1.29 is 0 Å². The van der Waals surface area contributed by atoms with E-state index in [4.69, 9.17) is 0 Å². The second-order valence-electron chi connectivity index (χ2n) is 4.96. The Bertz CT molecular complexity index is 695. The standard InChI is InChI=1S/C17H19N3/c1-2-18-10-16-12-20(13-19-16)11-15-8-5-7-14-6-3-4-9-17(14)15/h3-9,12-13,18H,2,10-11H2,1H3. The minimum atomic E-state index is 0.832. The van der Waals surface area contributed by atoms with Crippen molar-refractivity contribution in [3.8, 4) is 0 Å². The van der Waals surface area contributed by atoms with E-state index in [1.54, 1.807) is 0 Å². The Kier molecular flexibility index (Phi) is 3.79. The van der Waals surface area contributed by atoms with Gasteiger partial charge in [-0.3, -0.25) is 0 Å². The van der Waals surface area contributed by atoms with Gasteiger partial charge in [-0.25, -0.2) is 4.98 Å². The second kappa shape index (κ2) is 5.88. The largest absolute Gasteiger partial charge is 0.333 e. The molecule has 0 bridgehead atoms. The van der Waals surface area contributed by atoms with Crippen LogP contribution < -0.4 is 5.32 Å². The summed E-state index contributed by atoms with van der Waals surface area (Å²) in [4.78, 5) is 4.43. The van der Waals surface area contributed by atoms with E-state index >= 15 is 0 Å². The number of benzene rings is 2. The number of rotatable bonds is 5. The van der Waals surface area contributed by atoms with Crippen LogP contribution in [0.2, 0.25) is 0 Å². The molecule has 3 rings (SSSR count). The first-order chi connectivity index (χ1) is 9.86. The fraction of sp³-hybridized carbons (Fsp3) is 0.235. The molecule has 0 atom stereocenters. The molecule has 0 saturated carbocycles. The zero-order valence-electron chi connectivity index (χ0n) is 11.7. The minimum absolute atomic E-state index is 0.832. The van der Waals surface area contributed by atoms with Crippen molar-refractivity contribution in [3.05, 3.63) is 66.2 Å². The first-order valence-electron chi connectivity index (χ1n) is 7.05. The third-order valence-electron chi connectivity index (χ3n) is 3.48. The molecule has 1 N–H and O–H groups in total. The zero-order valence-corrected chi connectivity index (χ0v) is 11.7. The molecule has 0 saturated heterocycles. The third-order valence-corrected chi connectivity index (χ3v) is 3.48. The lowest BCUT2D eigenvalue weighted by molar-refractivity contribution is 0.712. The van der Waals surface area contributed by atoms with Gasteiger partial charge in [0.2, 0.25) is 0 Å². The first kappa shape index (κ1) is 12.9. The number of hydrogen-bond donors (Lipinski definition) is 1. The summed E-state index contributed by atoms with van der Waals surface area (Å²) in [5.74, 6) is 0. The van der Waals surface area contributed by atoms with Gasteiger partial charge in [0, 0.05) is 19.3 Å². The quantitative estimate of drug-likeness (QED) is 0.768. The van der Waals surface area contributed by atoms with Crippen molar-refractivity contribution in [2.75, 3.05) is 6.54 Å². The van der Waals surface area contributed by atoms with E-state index in [0.717, 1.165) is 25.3 Å². The van der Waals surface area contributed by atoms with Crippen LogP contribution in [0.1, 0.15) is 18.2 Å². The summed E-state index contributed by atoms with van der Waals surface area (Å²) < 4.78 is 2.15. The van der Waals surface area contributed by atoms with Crippen LogP contribution >= 0.6 is 0 Å². The second-order valence-corrected chi connectivity index (χ2v) is 4.96. The molecule has 1 aromatic heterocycles. The van der Waals surface area contributed by atoms with E-state index in [-0.39, 0.29) is 0 Å². The highest BCUT2D eigenvalue weighted by molar-refractivity contribution is 5.85. The molecule has 0 fully saturated rings. The van der Waals surface area contributed by atoms with Crippen LogP contribution in [0.4, 0.5) is 0 Å². The molecular weight excluding hydrogens is 246 g/mol. The topological polar surface area (TPSA) is 29.9 Å². The number of fused-ring (bicyclic) bond motifs is 1. The lowest BCUT2D eigenvalue weighted by Crippen LogP contribution is -2.11. The van der Waals surface area contributed by atoms with Crippen molar-refractivity contribution >= 4 is 10.8 Å². The van der Waals surface area contributed by atoms with Crippen LogP contribution in [0.5, 0.6) is 0 Å². The average Bonchev–Trinajstić information content (AvgIpc) is 2.93. The highest BCUT2D eigenvalue weighted by Gasteiger charge is 2.03. The van der Waals surface area contributed by atoms with Gasteiger partial charge in [0.05, 0.1) is 12.0 Å². The molecule has 3 nitrogen and oxygen atoms in total. The fourth-order valence-electron chi connectivity index (χ4n) is 2.46. The van der Waals surface area contributed by atoms with Crippen LogP contribution in [0.3, 0.4) is 0 Å². The molecule has 2 aromatic carbocycles. The van der Waals surface area contributed by atoms with Gasteiger partial charge < -0.3 is 9.88 Å². The monoisotopic (exact) mass is 265 g/mol. The Labute approximate surface area is 119 Å². The molecule has 0 amide bonds. The lowest BCUT2D eigenvalue weighted by atomic mass is 10.0. The van der Waals surface area contributed by atoms with E-state index in [0.29, 0.717) is 0 Å². The highest BCUT2D eigenvalue weighted by Crippen LogP contribution is 2.19. The maximum Gasteiger partial charge on any atom is 0.0953 e. The maximum atomic E-state index is 4.43. The molecule has 0 aliphatic rings. The Balaban J connectivity index is 1.84. The lowest BCUT2D eigenvalue weighted by Gasteiger charge is -2.07. The van der Waals surface area contributed by atoms with Gasteiger partial charge in [0.1, 0.15) is 0 Å². The smallest absolute Gasteiger partial charge is 0.0953 e. The van der Waals surface area contributed by atoms with E-state index in [2.05, 4.69) is 70.5 Å². The van der Waals surface area contributed by atoms with Crippen molar-refractivity contribution in [3.63, 3.8) is 0 Å². The normalized spacial score (nSPS) is 11.1. The number of aromatic nitrogens is 2. The molecule has 0 aliphatic heterocycles. The zero-order chi connectivity index (χ0) is 13.8. The summed E-state index contributed by atoms with van der Waals surface area (Å²) in [5, 5.41) is 5.90. The van der Waals surface area contributed by atoms with E-state index < -0.39 is 0 Å². The molecule has 20 heavy (non-hydrogen) atoms. The van der Waals surface area contributed by atoms with Crippen LogP contribution in [0.15, 0.2) is 55.0 Å². The van der Waals surface area contributed by atoms with Gasteiger partial charge in [-0.1, -0.05) is 49.4 Å². The number of hydrogen-bond acceptors (Lipinski definition) is 2. The van der Waals surface area contributed by atoms with Gasteiger partial charge in [0.25, 0.3) is 0 Å². The van der Waals surface area contributed by atoms with Gasteiger partial charge in [-0.05, 0) is 22.9 Å². The molecule has 3 heteroatoms. The molecule has 0 aliphatic carbocycles. The SMILES string of the molecule is CCNCc1cn(Cc2cccc3ccccc23)cn1. The van der Waals surface area contributed by atoms with Gasteiger partial charge in [-0.15, -0.1) is 0 Å². The van der Waals surface area contributed by atoms with Gasteiger partial charge in [0.15, 0.2) is 0 Å². The Morgan fingerprint density at radius 2 is 1.95 bits per heavy atom. The molecule has 0 unspecified atom stereocenters. The third kappa shape index (κ3) is 2.73. The number of nitrogens with zero attached hydrogens (tertiary/aromatic N) is 2. The minimum Gasteiger partial charge on any atom is -0.333 e. The van der Waals surface area contributed by atoms with Crippen LogP contribution in [0.25, 0.3) is 10.8 Å². The molecular formula is C17H19N3. The summed E-state index contributed by atoms with van der Waals surface area (Å²) in [6, 6.07) is 15.0. The molecule has 102 valence electrons. The maximum absolute atomic E-state index is 4.43. The first-order valence-corrected chi connectivity index (χ1v) is 7.05. The van der Waals surface area contributed by atoms with Crippen LogP contribution in [0, 0.1) is 0 Å². The van der Waals surface area contributed by atoms with Crippen molar-refractivity contribution in [2.24, 2.45) is 0 Å². The molecule has 3 aromatic rings. The van der Waals surface area contributed by atoms with Crippen LogP contribution in [-0.4, -0.2) is 16.1 Å². The Morgan fingerprint density at radius 3 is 2.85 bits per heavy atom. The summed E-state index contributed by atoms with van der Waals surface area (Å²) >= 11 is 0. The summed E-state index contributed by atoms with van der Waals surface area (Å²) in [7, 11) is 0. The van der Waals surface area contributed by atoms with Crippen molar-refractivity contribution in [1.82, 2.24) is 14.9 Å². The number of nitrogens with one attached hydrogen (secondary N) is 1. The average molecular weight is 265 g/mol. The van der Waals surface area contributed by atoms with E-state index in [1.165, 1.54) is 16.3 Å². The van der Waals surface area contributed by atoms with E-state index in [9.17, 15) is 0 Å².